The molecule has 1 aliphatic rings. The Morgan fingerprint density at radius 3 is 2.57 bits per heavy atom. The van der Waals surface area contributed by atoms with Crippen LogP contribution >= 0.6 is 15.9 Å². The Morgan fingerprint density at radius 2 is 1.86 bits per heavy atom. The van der Waals surface area contributed by atoms with Gasteiger partial charge in [-0.15, -0.1) is 0 Å². The van der Waals surface area contributed by atoms with Crippen LogP contribution in [0.2, 0.25) is 0 Å². The van der Waals surface area contributed by atoms with Gasteiger partial charge in [0.2, 0.25) is 5.91 Å². The van der Waals surface area contributed by atoms with Gasteiger partial charge in [0.25, 0.3) is 0 Å². The van der Waals surface area contributed by atoms with Gasteiger partial charge in [-0.05, 0) is 42.0 Å². The molecule has 0 saturated carbocycles. The average Bonchev–Trinajstić information content (AvgIpc) is 3.15. The quantitative estimate of drug-likeness (QED) is 0.559. The molecule has 1 aromatic heterocycles. The van der Waals surface area contributed by atoms with Crippen molar-refractivity contribution in [2.75, 3.05) is 33.4 Å². The molecule has 3 aromatic rings. The largest absolute Gasteiger partial charge is 0.497 e. The fourth-order valence-electron chi connectivity index (χ4n) is 3.21. The number of rotatable bonds is 4. The third-order valence-electron chi connectivity index (χ3n) is 4.74. The lowest BCUT2D eigenvalue weighted by atomic mass is 10.0. The first kappa shape index (κ1) is 18.8. The monoisotopic (exact) mass is 441 g/mol. The number of halogens is 1. The first-order valence-electron chi connectivity index (χ1n) is 9.06. The fourth-order valence-corrected chi connectivity index (χ4v) is 3.59. The zero-order chi connectivity index (χ0) is 19.5. The summed E-state index contributed by atoms with van der Waals surface area (Å²) in [5, 5.41) is 0.975. The van der Waals surface area contributed by atoms with Gasteiger partial charge < -0.3 is 18.8 Å². The Balaban J connectivity index is 1.77. The number of hydrogen-bond acceptors (Lipinski definition) is 4. The van der Waals surface area contributed by atoms with E-state index >= 15 is 0 Å². The lowest BCUT2D eigenvalue weighted by Gasteiger charge is -2.26. The number of amides is 1. The molecule has 0 unspecified atom stereocenters. The minimum Gasteiger partial charge on any atom is -0.497 e. The summed E-state index contributed by atoms with van der Waals surface area (Å²) in [6.45, 7) is 2.32. The van der Waals surface area contributed by atoms with Crippen molar-refractivity contribution in [1.82, 2.24) is 4.90 Å². The molecule has 1 aliphatic heterocycles. The zero-order valence-electron chi connectivity index (χ0n) is 15.5. The second-order valence-electron chi connectivity index (χ2n) is 6.52. The predicted molar refractivity (Wildman–Crippen MR) is 111 cm³/mol. The van der Waals surface area contributed by atoms with Crippen molar-refractivity contribution in [3.8, 4) is 5.75 Å². The normalized spacial score (nSPS) is 15.1. The Morgan fingerprint density at radius 1 is 1.11 bits per heavy atom. The van der Waals surface area contributed by atoms with Gasteiger partial charge in [0, 0.05) is 34.6 Å². The third kappa shape index (κ3) is 3.98. The maximum atomic E-state index is 12.9. The van der Waals surface area contributed by atoms with E-state index in [1.807, 2.05) is 48.5 Å². The second-order valence-corrected chi connectivity index (χ2v) is 7.43. The van der Waals surface area contributed by atoms with Gasteiger partial charge in [-0.25, -0.2) is 0 Å². The number of carbonyl (C=O) groups excluding carboxylic acids is 1. The number of nitrogens with zero attached hydrogens (tertiary/aromatic N) is 1. The van der Waals surface area contributed by atoms with E-state index in [0.717, 1.165) is 32.3 Å². The molecule has 2 heterocycles. The maximum Gasteiger partial charge on any atom is 0.247 e. The number of ether oxygens (including phenoxy) is 2. The van der Waals surface area contributed by atoms with Crippen LogP contribution in [0.3, 0.4) is 0 Å². The molecule has 0 radical (unpaired) electrons. The SMILES string of the molecule is COc1ccc(/C(=C/C(=O)N2CCOCC2)c2cc3cc(Br)ccc3o2)cc1. The van der Waals surface area contributed by atoms with Gasteiger partial charge in [-0.2, -0.15) is 0 Å². The molecule has 1 amide bonds. The predicted octanol–water partition coefficient (Wildman–Crippen LogP) is 4.49. The molecule has 0 aliphatic carbocycles. The molecule has 1 fully saturated rings. The van der Waals surface area contributed by atoms with Crippen LogP contribution in [0, 0.1) is 0 Å². The van der Waals surface area contributed by atoms with Crippen LogP contribution in [-0.2, 0) is 9.53 Å². The Kier molecular flexibility index (Phi) is 5.50. The van der Waals surface area contributed by atoms with Crippen molar-refractivity contribution in [3.63, 3.8) is 0 Å². The number of benzene rings is 2. The van der Waals surface area contributed by atoms with Crippen molar-refractivity contribution in [1.29, 1.82) is 0 Å². The standard InChI is InChI=1S/C22H20BrNO4/c1-26-18-5-2-15(3-6-18)19(14-22(25)24-8-10-27-11-9-24)21-13-16-12-17(23)4-7-20(16)28-21/h2-7,12-14H,8-11H2,1H3/b19-14-. The summed E-state index contributed by atoms with van der Waals surface area (Å²) >= 11 is 3.49. The van der Waals surface area contributed by atoms with Crippen LogP contribution in [-0.4, -0.2) is 44.2 Å². The van der Waals surface area contributed by atoms with E-state index in [1.165, 1.54) is 0 Å². The molecule has 0 bridgehead atoms. The van der Waals surface area contributed by atoms with E-state index in [4.69, 9.17) is 13.9 Å². The third-order valence-corrected chi connectivity index (χ3v) is 5.23. The number of morpholine rings is 1. The molecule has 2 aromatic carbocycles. The van der Waals surface area contributed by atoms with Crippen LogP contribution < -0.4 is 4.74 Å². The Labute approximate surface area is 171 Å². The van der Waals surface area contributed by atoms with Crippen molar-refractivity contribution in [2.45, 2.75) is 0 Å². The van der Waals surface area contributed by atoms with Gasteiger partial charge in [0.15, 0.2) is 0 Å². The fraction of sp³-hybridized carbons (Fsp3) is 0.227. The molecular weight excluding hydrogens is 422 g/mol. The van der Waals surface area contributed by atoms with E-state index in [1.54, 1.807) is 18.1 Å². The van der Waals surface area contributed by atoms with Crippen molar-refractivity contribution in [3.05, 3.63) is 70.4 Å². The van der Waals surface area contributed by atoms with Crippen molar-refractivity contribution < 1.29 is 18.7 Å². The summed E-state index contributed by atoms with van der Waals surface area (Å²) in [6, 6.07) is 15.4. The van der Waals surface area contributed by atoms with E-state index in [2.05, 4.69) is 15.9 Å². The van der Waals surface area contributed by atoms with Gasteiger partial charge >= 0.3 is 0 Å². The highest BCUT2D eigenvalue weighted by Crippen LogP contribution is 2.31. The molecule has 6 heteroatoms. The lowest BCUT2D eigenvalue weighted by Crippen LogP contribution is -2.39. The van der Waals surface area contributed by atoms with Crippen LogP contribution in [0.25, 0.3) is 16.5 Å². The average molecular weight is 442 g/mol. The first-order chi connectivity index (χ1) is 13.6. The molecule has 28 heavy (non-hydrogen) atoms. The van der Waals surface area contributed by atoms with Crippen molar-refractivity contribution >= 4 is 38.4 Å². The number of methoxy groups -OCH3 is 1. The van der Waals surface area contributed by atoms with Crippen LogP contribution in [0.1, 0.15) is 11.3 Å². The van der Waals surface area contributed by atoms with Crippen LogP contribution in [0.4, 0.5) is 0 Å². The topological polar surface area (TPSA) is 51.9 Å². The summed E-state index contributed by atoms with van der Waals surface area (Å²) in [7, 11) is 1.63. The number of hydrogen-bond donors (Lipinski definition) is 0. The van der Waals surface area contributed by atoms with Crippen LogP contribution in [0.15, 0.2) is 63.5 Å². The molecule has 4 rings (SSSR count). The van der Waals surface area contributed by atoms with E-state index in [9.17, 15) is 4.79 Å². The first-order valence-corrected chi connectivity index (χ1v) is 9.85. The van der Waals surface area contributed by atoms with Crippen molar-refractivity contribution in [2.24, 2.45) is 0 Å². The number of fused-ring (bicyclic) bond motifs is 1. The smallest absolute Gasteiger partial charge is 0.247 e. The molecular formula is C22H20BrNO4. The van der Waals surface area contributed by atoms with Gasteiger partial charge in [-0.1, -0.05) is 28.1 Å². The zero-order valence-corrected chi connectivity index (χ0v) is 17.1. The Bertz CT molecular complexity index is 1020. The molecule has 0 atom stereocenters. The molecule has 5 nitrogen and oxygen atoms in total. The Hall–Kier alpha value is -2.57. The summed E-state index contributed by atoms with van der Waals surface area (Å²) in [4.78, 5) is 14.7. The molecule has 0 N–H and O–H groups in total. The molecule has 1 saturated heterocycles. The van der Waals surface area contributed by atoms with E-state index < -0.39 is 0 Å². The summed E-state index contributed by atoms with van der Waals surface area (Å²) in [6.07, 6.45) is 1.65. The highest BCUT2D eigenvalue weighted by molar-refractivity contribution is 9.10. The number of carbonyl (C=O) groups is 1. The van der Waals surface area contributed by atoms with Crippen LogP contribution in [0.5, 0.6) is 5.75 Å². The highest BCUT2D eigenvalue weighted by atomic mass is 79.9. The minimum absolute atomic E-state index is 0.0456. The lowest BCUT2D eigenvalue weighted by molar-refractivity contribution is -0.129. The van der Waals surface area contributed by atoms with Gasteiger partial charge in [-0.3, -0.25) is 4.79 Å². The number of furan rings is 1. The van der Waals surface area contributed by atoms with E-state index in [-0.39, 0.29) is 5.91 Å². The molecule has 144 valence electrons. The summed E-state index contributed by atoms with van der Waals surface area (Å²) in [5.41, 5.74) is 2.41. The summed E-state index contributed by atoms with van der Waals surface area (Å²) in [5.74, 6) is 1.37. The van der Waals surface area contributed by atoms with Gasteiger partial charge in [0.05, 0.1) is 20.3 Å². The van der Waals surface area contributed by atoms with Gasteiger partial charge in [0.1, 0.15) is 17.1 Å². The van der Waals surface area contributed by atoms with E-state index in [0.29, 0.717) is 32.1 Å². The minimum atomic E-state index is -0.0456. The molecule has 0 spiro atoms. The highest BCUT2D eigenvalue weighted by Gasteiger charge is 2.19. The summed E-state index contributed by atoms with van der Waals surface area (Å²) < 4.78 is 17.7. The maximum absolute atomic E-state index is 12.9. The second kappa shape index (κ2) is 8.20.